The van der Waals surface area contributed by atoms with E-state index >= 15 is 0 Å². The van der Waals surface area contributed by atoms with Gasteiger partial charge in [0.25, 0.3) is 0 Å². The largest absolute Gasteiger partial charge is 0.435 e. The van der Waals surface area contributed by atoms with E-state index in [2.05, 4.69) is 0 Å². The van der Waals surface area contributed by atoms with Gasteiger partial charge < -0.3 is 9.32 Å². The molecule has 1 rings (SSSR count). The molecule has 0 fully saturated rings. The molecule has 13 heavy (non-hydrogen) atoms. The van der Waals surface area contributed by atoms with Gasteiger partial charge in [0.05, 0.1) is 0 Å². The maximum Gasteiger partial charge on any atom is 0.206 e. The molecule has 4 heteroatoms. The van der Waals surface area contributed by atoms with E-state index in [-0.39, 0.29) is 17.0 Å². The summed E-state index contributed by atoms with van der Waals surface area (Å²) in [5, 5.41) is 0. The van der Waals surface area contributed by atoms with Gasteiger partial charge in [-0.05, 0) is 6.07 Å². The molecule has 0 radical (unpaired) electrons. The van der Waals surface area contributed by atoms with Crippen molar-refractivity contribution in [3.8, 4) is 0 Å². The molecule has 74 valence electrons. The summed E-state index contributed by atoms with van der Waals surface area (Å²) in [4.78, 5) is 1.94. The zero-order chi connectivity index (χ0) is 9.14. The molecule has 0 amide bonds. The molecule has 0 aliphatic rings. The molecule has 0 aromatic carbocycles. The third kappa shape index (κ3) is 3.63. The van der Waals surface area contributed by atoms with Gasteiger partial charge in [-0.15, -0.1) is 17.0 Å². The summed E-state index contributed by atoms with van der Waals surface area (Å²) in [5.74, 6) is 1.76. The maximum absolute atomic E-state index is 5.48. The third-order valence-electron chi connectivity index (χ3n) is 1.44. The van der Waals surface area contributed by atoms with Crippen LogP contribution in [0.25, 0.3) is 0 Å². The minimum atomic E-state index is 0. The number of anilines is 1. The molecule has 1 aromatic heterocycles. The van der Waals surface area contributed by atoms with Crippen molar-refractivity contribution in [2.45, 2.75) is 0 Å². The molecule has 0 atom stereocenters. The minimum absolute atomic E-state index is 0. The summed E-state index contributed by atoms with van der Waals surface area (Å²) in [6.07, 6.45) is 1.94. The van der Waals surface area contributed by atoms with Gasteiger partial charge in [0, 0.05) is 20.2 Å². The lowest BCUT2D eigenvalue weighted by Crippen LogP contribution is -2.07. The van der Waals surface area contributed by atoms with E-state index in [0.29, 0.717) is 0 Å². The van der Waals surface area contributed by atoms with Crippen LogP contribution in [0.3, 0.4) is 0 Å². The summed E-state index contributed by atoms with van der Waals surface area (Å²) >= 11 is 0. The molecule has 0 saturated heterocycles. The van der Waals surface area contributed by atoms with Crippen molar-refractivity contribution in [3.63, 3.8) is 0 Å². The summed E-state index contributed by atoms with van der Waals surface area (Å²) < 4.78 is 7.44. The van der Waals surface area contributed by atoms with Crippen molar-refractivity contribution in [1.82, 2.24) is 0 Å². The van der Waals surface area contributed by atoms with Crippen molar-refractivity contribution in [2.75, 3.05) is 33.1 Å². The highest BCUT2D eigenvalue weighted by atomic mass is 79.9. The highest BCUT2D eigenvalue weighted by Gasteiger charge is 2.02. The van der Waals surface area contributed by atoms with Crippen molar-refractivity contribution in [1.29, 1.82) is 0 Å². The van der Waals surface area contributed by atoms with E-state index in [9.17, 15) is 0 Å². The lowest BCUT2D eigenvalue weighted by Gasteiger charge is -2.05. The highest BCUT2D eigenvalue weighted by Crippen LogP contribution is 2.13. The Bertz CT molecular complexity index is 288. The minimum Gasteiger partial charge on any atom is -0.435 e. The quantitative estimate of drug-likeness (QED) is 0.585. The average Bonchev–Trinajstić information content (AvgIpc) is 2.34. The Hall–Kier alpha value is -0.770. The second-order valence-corrected chi connectivity index (χ2v) is 3.16. The fourth-order valence-electron chi connectivity index (χ4n) is 0.906. The predicted octanol–water partition coefficient (Wildman–Crippen LogP) is 1.61. The summed E-state index contributed by atoms with van der Waals surface area (Å²) in [7, 11) is 7.85. The Kier molecular flexibility index (Phi) is 4.77. The van der Waals surface area contributed by atoms with Crippen LogP contribution >= 0.6 is 17.0 Å². The first-order valence-electron chi connectivity index (χ1n) is 3.88. The first-order chi connectivity index (χ1) is 5.59. The lowest BCUT2D eigenvalue weighted by atomic mass is 10.5. The first-order valence-corrected chi connectivity index (χ1v) is 3.88. The van der Waals surface area contributed by atoms with Gasteiger partial charge in [0.15, 0.2) is 11.6 Å². The Morgan fingerprint density at radius 2 is 1.92 bits per heavy atom. The van der Waals surface area contributed by atoms with E-state index in [1.807, 2.05) is 56.0 Å². The first kappa shape index (κ1) is 12.2. The molecule has 0 aliphatic carbocycles. The van der Waals surface area contributed by atoms with Crippen LogP contribution in [0.2, 0.25) is 0 Å². The van der Waals surface area contributed by atoms with Gasteiger partial charge in [-0.3, -0.25) is 0 Å². The fourth-order valence-corrected chi connectivity index (χ4v) is 0.906. The number of rotatable bonds is 2. The fraction of sp³-hybridized carbons (Fsp3) is 0.444. The molecule has 1 aromatic rings. The van der Waals surface area contributed by atoms with Gasteiger partial charge in [0.2, 0.25) is 6.21 Å². The number of hydrogen-bond donors (Lipinski definition) is 0. The molecule has 1 heterocycles. The molecule has 0 N–H and O–H groups in total. The van der Waals surface area contributed by atoms with Crippen molar-refractivity contribution >= 4 is 29.1 Å². The smallest absolute Gasteiger partial charge is 0.206 e. The number of halogens is 1. The van der Waals surface area contributed by atoms with Gasteiger partial charge in [-0.25, -0.2) is 4.58 Å². The van der Waals surface area contributed by atoms with Gasteiger partial charge in [-0.1, -0.05) is 0 Å². The molecule has 0 saturated carbocycles. The second kappa shape index (κ2) is 5.07. The van der Waals surface area contributed by atoms with Crippen molar-refractivity contribution < 1.29 is 8.99 Å². The zero-order valence-corrected chi connectivity index (χ0v) is 10.2. The van der Waals surface area contributed by atoms with E-state index in [1.54, 1.807) is 0 Å². The van der Waals surface area contributed by atoms with Crippen LogP contribution in [-0.2, 0) is 0 Å². The Morgan fingerprint density at radius 1 is 1.31 bits per heavy atom. The molecular weight excluding hydrogens is 232 g/mol. The zero-order valence-electron chi connectivity index (χ0n) is 8.44. The Morgan fingerprint density at radius 3 is 2.31 bits per heavy atom. The van der Waals surface area contributed by atoms with E-state index in [4.69, 9.17) is 4.42 Å². The Balaban J connectivity index is 0.00000144. The molecular formula is C9H16BrN2O+. The third-order valence-corrected chi connectivity index (χ3v) is 1.44. The van der Waals surface area contributed by atoms with Crippen LogP contribution in [0, 0.1) is 0 Å². The Labute approximate surface area is 89.4 Å². The van der Waals surface area contributed by atoms with Crippen LogP contribution in [0.15, 0.2) is 16.5 Å². The summed E-state index contributed by atoms with van der Waals surface area (Å²) in [6, 6.07) is 3.91. The number of nitrogens with zero attached hydrogens (tertiary/aromatic N) is 2. The summed E-state index contributed by atoms with van der Waals surface area (Å²) in [6.45, 7) is 0. The topological polar surface area (TPSA) is 19.4 Å². The van der Waals surface area contributed by atoms with E-state index in [1.165, 1.54) is 0 Å². The van der Waals surface area contributed by atoms with Crippen LogP contribution in [0.4, 0.5) is 5.88 Å². The average molecular weight is 248 g/mol. The normalized spacial score (nSPS) is 8.92. The molecule has 0 unspecified atom stereocenters. The van der Waals surface area contributed by atoms with Crippen LogP contribution in [0.1, 0.15) is 5.76 Å². The van der Waals surface area contributed by atoms with Crippen LogP contribution < -0.4 is 4.90 Å². The monoisotopic (exact) mass is 247 g/mol. The van der Waals surface area contributed by atoms with Crippen molar-refractivity contribution in [3.05, 3.63) is 17.9 Å². The second-order valence-electron chi connectivity index (χ2n) is 3.16. The number of hydrogen-bond acceptors (Lipinski definition) is 2. The van der Waals surface area contributed by atoms with Crippen LogP contribution in [0.5, 0.6) is 0 Å². The molecule has 0 spiro atoms. The van der Waals surface area contributed by atoms with Crippen molar-refractivity contribution in [2.24, 2.45) is 0 Å². The van der Waals surface area contributed by atoms with E-state index < -0.39 is 0 Å². The van der Waals surface area contributed by atoms with E-state index in [0.717, 1.165) is 11.6 Å². The highest BCUT2D eigenvalue weighted by molar-refractivity contribution is 8.93. The SMILES string of the molecule is Br.CN(C)c1ccc(C=[N+](C)C)o1. The lowest BCUT2D eigenvalue weighted by molar-refractivity contribution is -0.459. The van der Waals surface area contributed by atoms with Gasteiger partial charge in [0.1, 0.15) is 14.1 Å². The standard InChI is InChI=1S/C9H15N2O.BrH/c1-10(2)7-8-5-6-9(12-8)11(3)4;/h5-7H,1-4H3;1H/q+1;. The molecule has 0 bridgehead atoms. The van der Waals surface area contributed by atoms with Crippen LogP contribution in [-0.4, -0.2) is 39.0 Å². The molecule has 0 aliphatic heterocycles. The van der Waals surface area contributed by atoms with Gasteiger partial charge >= 0.3 is 0 Å². The predicted molar refractivity (Wildman–Crippen MR) is 60.6 cm³/mol. The molecule has 3 nitrogen and oxygen atoms in total. The maximum atomic E-state index is 5.48. The summed E-state index contributed by atoms with van der Waals surface area (Å²) in [5.41, 5.74) is 0. The van der Waals surface area contributed by atoms with Gasteiger partial charge in [-0.2, -0.15) is 0 Å². The number of furan rings is 1.